The summed E-state index contributed by atoms with van der Waals surface area (Å²) >= 11 is 0. The van der Waals surface area contributed by atoms with Gasteiger partial charge in [0.2, 0.25) is 5.82 Å². The number of carbonyl (C=O) groups is 1. The maximum atomic E-state index is 12.1. The number of esters is 1. The molecule has 0 aliphatic heterocycles. The van der Waals surface area contributed by atoms with E-state index in [9.17, 15) is 18.0 Å². The fourth-order valence-corrected chi connectivity index (χ4v) is 1.01. The lowest BCUT2D eigenvalue weighted by Gasteiger charge is -2.08. The van der Waals surface area contributed by atoms with Crippen LogP contribution >= 0.6 is 0 Å². The van der Waals surface area contributed by atoms with Crippen LogP contribution < -0.4 is 0 Å². The van der Waals surface area contributed by atoms with Crippen LogP contribution in [0.5, 0.6) is 0 Å². The van der Waals surface area contributed by atoms with Gasteiger partial charge < -0.3 is 4.74 Å². The van der Waals surface area contributed by atoms with Crippen molar-refractivity contribution in [1.82, 2.24) is 9.97 Å². The van der Waals surface area contributed by atoms with Crippen LogP contribution in [0, 0.1) is 11.3 Å². The zero-order valence-corrected chi connectivity index (χ0v) is 8.52. The highest BCUT2D eigenvalue weighted by molar-refractivity contribution is 5.80. The van der Waals surface area contributed by atoms with Gasteiger partial charge in [-0.05, 0) is 0 Å². The Morgan fingerprint density at radius 2 is 2.00 bits per heavy atom. The zero-order valence-electron chi connectivity index (χ0n) is 8.52. The van der Waals surface area contributed by atoms with Crippen molar-refractivity contribution in [1.29, 1.82) is 5.26 Å². The van der Waals surface area contributed by atoms with Gasteiger partial charge >= 0.3 is 12.1 Å². The predicted octanol–water partition coefficient (Wildman–Crippen LogP) is 1.28. The number of carbonyl (C=O) groups excluding carboxylic acids is 1. The van der Waals surface area contributed by atoms with Crippen LogP contribution in [-0.2, 0) is 15.7 Å². The molecule has 0 saturated heterocycles. The first-order chi connectivity index (χ1) is 7.90. The van der Waals surface area contributed by atoms with Gasteiger partial charge in [-0.3, -0.25) is 4.79 Å². The molecule has 0 amide bonds. The van der Waals surface area contributed by atoms with Crippen LogP contribution in [0.1, 0.15) is 17.3 Å². The maximum absolute atomic E-state index is 12.1. The van der Waals surface area contributed by atoms with Crippen molar-refractivity contribution in [2.45, 2.75) is 12.1 Å². The average molecular weight is 245 g/mol. The molecule has 8 heteroatoms. The van der Waals surface area contributed by atoms with E-state index in [1.54, 1.807) is 6.07 Å². The van der Waals surface area contributed by atoms with E-state index in [2.05, 4.69) is 14.7 Å². The Bertz CT molecular complexity index is 450. The highest BCUT2D eigenvalue weighted by Gasteiger charge is 2.34. The van der Waals surface area contributed by atoms with Gasteiger partial charge in [-0.25, -0.2) is 9.97 Å². The molecule has 90 valence electrons. The number of aromatic nitrogens is 2. The van der Waals surface area contributed by atoms with Crippen LogP contribution in [0.25, 0.3) is 0 Å². The second-order valence-corrected chi connectivity index (χ2v) is 2.92. The van der Waals surface area contributed by atoms with Crippen LogP contribution in [0.3, 0.4) is 0 Å². The summed E-state index contributed by atoms with van der Waals surface area (Å²) < 4.78 is 40.8. The van der Waals surface area contributed by atoms with Gasteiger partial charge in [0.15, 0.2) is 5.92 Å². The first-order valence-corrected chi connectivity index (χ1v) is 4.26. The van der Waals surface area contributed by atoms with E-state index >= 15 is 0 Å². The van der Waals surface area contributed by atoms with Gasteiger partial charge in [0.05, 0.1) is 13.2 Å². The molecule has 1 heterocycles. The molecule has 5 nitrogen and oxygen atoms in total. The van der Waals surface area contributed by atoms with E-state index < -0.39 is 23.9 Å². The summed E-state index contributed by atoms with van der Waals surface area (Å²) in [4.78, 5) is 17.2. The van der Waals surface area contributed by atoms with Crippen molar-refractivity contribution in [2.75, 3.05) is 7.11 Å². The van der Waals surface area contributed by atoms with Gasteiger partial charge in [-0.2, -0.15) is 18.4 Å². The lowest BCUT2D eigenvalue weighted by Crippen LogP contribution is -2.15. The number of ether oxygens (including phenoxy) is 1. The number of rotatable bonds is 2. The summed E-state index contributed by atoms with van der Waals surface area (Å²) in [6.45, 7) is 0. The highest BCUT2D eigenvalue weighted by Crippen LogP contribution is 2.26. The lowest BCUT2D eigenvalue weighted by molar-refractivity contribution is -0.145. The quantitative estimate of drug-likeness (QED) is 0.733. The number of nitriles is 1. The van der Waals surface area contributed by atoms with E-state index in [4.69, 9.17) is 5.26 Å². The minimum atomic E-state index is -4.66. The molecular weight excluding hydrogens is 239 g/mol. The maximum Gasteiger partial charge on any atom is 0.451 e. The fraction of sp³-hybridized carbons (Fsp3) is 0.333. The summed E-state index contributed by atoms with van der Waals surface area (Å²) in [5, 5.41) is 8.68. The molecule has 17 heavy (non-hydrogen) atoms. The van der Waals surface area contributed by atoms with Gasteiger partial charge in [0.1, 0.15) is 0 Å². The molecule has 1 rings (SSSR count). The second kappa shape index (κ2) is 4.78. The van der Waals surface area contributed by atoms with Crippen molar-refractivity contribution in [2.24, 2.45) is 0 Å². The minimum Gasteiger partial charge on any atom is -0.468 e. The van der Waals surface area contributed by atoms with Crippen LogP contribution in [0.15, 0.2) is 12.4 Å². The molecule has 0 saturated carbocycles. The molecular formula is C9H6F3N3O2. The van der Waals surface area contributed by atoms with Crippen molar-refractivity contribution in [3.05, 3.63) is 23.8 Å². The fourth-order valence-electron chi connectivity index (χ4n) is 1.01. The summed E-state index contributed by atoms with van der Waals surface area (Å²) in [5.74, 6) is -3.54. The Morgan fingerprint density at radius 1 is 1.47 bits per heavy atom. The number of alkyl halides is 3. The molecule has 0 radical (unpaired) electrons. The monoisotopic (exact) mass is 245 g/mol. The highest BCUT2D eigenvalue weighted by atomic mass is 19.4. The number of halogens is 3. The number of hydrogen-bond acceptors (Lipinski definition) is 5. The molecule has 1 aromatic heterocycles. The molecule has 0 fully saturated rings. The van der Waals surface area contributed by atoms with Gasteiger partial charge in [0.25, 0.3) is 0 Å². The Kier molecular flexibility index (Phi) is 3.62. The number of methoxy groups -OCH3 is 1. The van der Waals surface area contributed by atoms with Gasteiger partial charge in [-0.1, -0.05) is 0 Å². The first kappa shape index (κ1) is 12.9. The topological polar surface area (TPSA) is 75.9 Å². The third-order valence-electron chi connectivity index (χ3n) is 1.82. The molecule has 0 bridgehead atoms. The van der Waals surface area contributed by atoms with Crippen molar-refractivity contribution < 1.29 is 22.7 Å². The zero-order chi connectivity index (χ0) is 13.1. The molecule has 1 aromatic rings. The standard InChI is InChI=1S/C9H6F3N3O2/c1-17-7(16)6(2-13)5-3-14-8(15-4-5)9(10,11)12/h3-4,6H,1H3/t6-/m1/s1. The lowest BCUT2D eigenvalue weighted by atomic mass is 10.1. The van der Waals surface area contributed by atoms with Crippen LogP contribution in [0.4, 0.5) is 13.2 Å². The summed E-state index contributed by atoms with van der Waals surface area (Å²) in [7, 11) is 1.07. The Morgan fingerprint density at radius 3 is 2.35 bits per heavy atom. The summed E-state index contributed by atoms with van der Waals surface area (Å²) in [6.07, 6.45) is -3.10. The molecule has 0 N–H and O–H groups in total. The third-order valence-corrected chi connectivity index (χ3v) is 1.82. The number of nitrogens with zero attached hydrogens (tertiary/aromatic N) is 3. The largest absolute Gasteiger partial charge is 0.468 e. The van der Waals surface area contributed by atoms with E-state index in [0.29, 0.717) is 0 Å². The SMILES string of the molecule is COC(=O)[C@H](C#N)c1cnc(C(F)(F)F)nc1. The van der Waals surface area contributed by atoms with Gasteiger partial charge in [-0.15, -0.1) is 0 Å². The molecule has 0 unspecified atom stereocenters. The van der Waals surface area contributed by atoms with Crippen molar-refractivity contribution >= 4 is 5.97 Å². The van der Waals surface area contributed by atoms with Crippen molar-refractivity contribution in [3.63, 3.8) is 0 Å². The Labute approximate surface area is 93.9 Å². The van der Waals surface area contributed by atoms with Crippen LogP contribution in [-0.4, -0.2) is 23.0 Å². The minimum absolute atomic E-state index is 0.0487. The first-order valence-electron chi connectivity index (χ1n) is 4.26. The second-order valence-electron chi connectivity index (χ2n) is 2.92. The smallest absolute Gasteiger partial charge is 0.451 e. The Balaban J connectivity index is 3.02. The molecule has 1 atom stereocenters. The molecule has 0 aromatic carbocycles. The van der Waals surface area contributed by atoms with Crippen LogP contribution in [0.2, 0.25) is 0 Å². The van der Waals surface area contributed by atoms with E-state index in [1.165, 1.54) is 0 Å². The summed E-state index contributed by atoms with van der Waals surface area (Å²) in [5.41, 5.74) is -0.0487. The van der Waals surface area contributed by atoms with E-state index in [0.717, 1.165) is 19.5 Å². The molecule has 0 aliphatic rings. The van der Waals surface area contributed by atoms with Gasteiger partial charge in [0, 0.05) is 18.0 Å². The van der Waals surface area contributed by atoms with E-state index in [-0.39, 0.29) is 5.56 Å². The predicted molar refractivity (Wildman–Crippen MR) is 47.4 cm³/mol. The van der Waals surface area contributed by atoms with E-state index in [1.807, 2.05) is 0 Å². The number of hydrogen-bond donors (Lipinski definition) is 0. The Hall–Kier alpha value is -2.17. The van der Waals surface area contributed by atoms with Crippen molar-refractivity contribution in [3.8, 4) is 6.07 Å². The molecule has 0 aliphatic carbocycles. The average Bonchev–Trinajstić information content (AvgIpc) is 2.29. The molecule has 0 spiro atoms. The normalized spacial score (nSPS) is 12.6. The third kappa shape index (κ3) is 2.90. The summed E-state index contributed by atoms with van der Waals surface area (Å²) in [6, 6.07) is 1.59.